The van der Waals surface area contributed by atoms with Gasteiger partial charge in [-0.1, -0.05) is 12.5 Å². The Morgan fingerprint density at radius 3 is 3.11 bits per heavy atom. The van der Waals surface area contributed by atoms with Gasteiger partial charge in [0.2, 0.25) is 0 Å². The zero-order valence-corrected chi connectivity index (χ0v) is 11.2. The van der Waals surface area contributed by atoms with Crippen molar-refractivity contribution in [3.05, 3.63) is 30.1 Å². The highest BCUT2D eigenvalue weighted by Gasteiger charge is 2.55. The number of likely N-dealkylation sites (tertiary alicyclic amines) is 1. The predicted molar refractivity (Wildman–Crippen MR) is 71.6 cm³/mol. The number of rotatable bonds is 3. The van der Waals surface area contributed by atoms with Crippen LogP contribution in [-0.2, 0) is 4.79 Å². The maximum atomic E-state index is 11.7. The highest BCUT2D eigenvalue weighted by molar-refractivity contribution is 5.76. The Balaban J connectivity index is 1.81. The van der Waals surface area contributed by atoms with Gasteiger partial charge in [0.05, 0.1) is 5.41 Å². The van der Waals surface area contributed by atoms with Gasteiger partial charge in [0, 0.05) is 31.5 Å². The van der Waals surface area contributed by atoms with Gasteiger partial charge in [-0.15, -0.1) is 0 Å². The van der Waals surface area contributed by atoms with E-state index in [-0.39, 0.29) is 6.04 Å². The number of carboxylic acids is 1. The fourth-order valence-corrected chi connectivity index (χ4v) is 3.81. The molecule has 102 valence electrons. The molecule has 2 fully saturated rings. The van der Waals surface area contributed by atoms with Gasteiger partial charge in [-0.05, 0) is 37.3 Å². The molecule has 0 radical (unpaired) electrons. The molecular formula is C15H20N2O2. The van der Waals surface area contributed by atoms with Crippen molar-refractivity contribution in [2.45, 2.75) is 32.2 Å². The average molecular weight is 260 g/mol. The second kappa shape index (κ2) is 4.60. The monoisotopic (exact) mass is 260 g/mol. The molecule has 4 nitrogen and oxygen atoms in total. The third-order valence-electron chi connectivity index (χ3n) is 5.04. The van der Waals surface area contributed by atoms with E-state index in [9.17, 15) is 9.90 Å². The van der Waals surface area contributed by atoms with Crippen LogP contribution in [0.5, 0.6) is 0 Å². The van der Waals surface area contributed by atoms with E-state index in [1.54, 1.807) is 6.20 Å². The predicted octanol–water partition coefficient (Wildman–Crippen LogP) is 2.33. The standard InChI is InChI=1S/C15H20N2O2/c1-11(12-4-3-7-16-8-12)17-9-13-5-2-6-15(13,10-17)14(18)19/h3-4,7-8,11,13H,2,5-6,9-10H2,1H3,(H,18,19)/t11?,13-,15+/m0/s1. The van der Waals surface area contributed by atoms with Gasteiger partial charge in [-0.3, -0.25) is 14.7 Å². The molecular weight excluding hydrogens is 240 g/mol. The first-order valence-corrected chi connectivity index (χ1v) is 7.01. The summed E-state index contributed by atoms with van der Waals surface area (Å²) in [6.45, 7) is 3.74. The van der Waals surface area contributed by atoms with E-state index < -0.39 is 11.4 Å². The first-order valence-electron chi connectivity index (χ1n) is 7.01. The van der Waals surface area contributed by atoms with Gasteiger partial charge < -0.3 is 5.11 Å². The van der Waals surface area contributed by atoms with Gasteiger partial charge >= 0.3 is 5.97 Å². The highest BCUT2D eigenvalue weighted by Crippen LogP contribution is 2.50. The Kier molecular flexibility index (Phi) is 3.05. The topological polar surface area (TPSA) is 53.4 Å². The highest BCUT2D eigenvalue weighted by atomic mass is 16.4. The third-order valence-corrected chi connectivity index (χ3v) is 5.04. The summed E-state index contributed by atoms with van der Waals surface area (Å²) in [6, 6.07) is 4.25. The van der Waals surface area contributed by atoms with Crippen LogP contribution in [-0.4, -0.2) is 34.0 Å². The van der Waals surface area contributed by atoms with Gasteiger partial charge in [-0.2, -0.15) is 0 Å². The van der Waals surface area contributed by atoms with Crippen LogP contribution in [0.1, 0.15) is 37.8 Å². The Hall–Kier alpha value is -1.42. The maximum absolute atomic E-state index is 11.7. The van der Waals surface area contributed by atoms with Crippen LogP contribution >= 0.6 is 0 Å². The summed E-state index contributed by atoms with van der Waals surface area (Å²) in [5.41, 5.74) is 0.680. The zero-order valence-electron chi connectivity index (χ0n) is 11.2. The molecule has 1 aliphatic heterocycles. The average Bonchev–Trinajstić information content (AvgIpc) is 2.96. The SMILES string of the molecule is CC(c1cccnc1)N1C[C@@H]2CCC[C@@]2(C(=O)O)C1. The van der Waals surface area contributed by atoms with Crippen molar-refractivity contribution < 1.29 is 9.90 Å². The maximum Gasteiger partial charge on any atom is 0.311 e. The summed E-state index contributed by atoms with van der Waals surface area (Å²) < 4.78 is 0. The molecule has 1 N–H and O–H groups in total. The summed E-state index contributed by atoms with van der Waals surface area (Å²) in [5, 5.41) is 9.61. The molecule has 1 aromatic rings. The first-order chi connectivity index (χ1) is 9.13. The molecule has 1 saturated heterocycles. The number of hydrogen-bond acceptors (Lipinski definition) is 3. The molecule has 1 aliphatic carbocycles. The van der Waals surface area contributed by atoms with Crippen LogP contribution in [0.4, 0.5) is 0 Å². The van der Waals surface area contributed by atoms with Crippen LogP contribution in [0.15, 0.2) is 24.5 Å². The Morgan fingerprint density at radius 2 is 2.47 bits per heavy atom. The van der Waals surface area contributed by atoms with Crippen molar-refractivity contribution in [2.24, 2.45) is 11.3 Å². The fourth-order valence-electron chi connectivity index (χ4n) is 3.81. The van der Waals surface area contributed by atoms with Crippen LogP contribution in [0.25, 0.3) is 0 Å². The minimum atomic E-state index is -0.601. The van der Waals surface area contributed by atoms with Gasteiger partial charge in [0.1, 0.15) is 0 Å². The van der Waals surface area contributed by atoms with E-state index >= 15 is 0 Å². The number of hydrogen-bond donors (Lipinski definition) is 1. The molecule has 1 saturated carbocycles. The van der Waals surface area contributed by atoms with Crippen LogP contribution in [0, 0.1) is 11.3 Å². The molecule has 0 aromatic carbocycles. The number of carboxylic acid groups (broad SMARTS) is 1. The number of nitrogens with zero attached hydrogens (tertiary/aromatic N) is 2. The second-order valence-corrected chi connectivity index (χ2v) is 5.94. The molecule has 2 heterocycles. The molecule has 3 atom stereocenters. The number of carbonyl (C=O) groups is 1. The Morgan fingerprint density at radius 1 is 1.63 bits per heavy atom. The van der Waals surface area contributed by atoms with Gasteiger partial charge in [0.25, 0.3) is 0 Å². The molecule has 4 heteroatoms. The lowest BCUT2D eigenvalue weighted by Crippen LogP contribution is -2.36. The van der Waals surface area contributed by atoms with Crippen molar-refractivity contribution in [3.63, 3.8) is 0 Å². The second-order valence-electron chi connectivity index (χ2n) is 5.94. The molecule has 0 spiro atoms. The lowest BCUT2D eigenvalue weighted by atomic mass is 9.81. The van der Waals surface area contributed by atoms with Gasteiger partial charge in [0.15, 0.2) is 0 Å². The molecule has 0 amide bonds. The van der Waals surface area contributed by atoms with E-state index in [2.05, 4.69) is 22.9 Å². The van der Waals surface area contributed by atoms with Crippen molar-refractivity contribution >= 4 is 5.97 Å². The smallest absolute Gasteiger partial charge is 0.311 e. The lowest BCUT2D eigenvalue weighted by molar-refractivity contribution is -0.149. The number of aliphatic carboxylic acids is 1. The van der Waals surface area contributed by atoms with E-state index in [0.29, 0.717) is 12.5 Å². The fraction of sp³-hybridized carbons (Fsp3) is 0.600. The van der Waals surface area contributed by atoms with E-state index in [1.807, 2.05) is 12.3 Å². The zero-order chi connectivity index (χ0) is 13.5. The minimum absolute atomic E-state index is 0.246. The normalized spacial score (nSPS) is 32.2. The first kappa shape index (κ1) is 12.6. The Bertz CT molecular complexity index is 476. The molecule has 2 aliphatic rings. The molecule has 19 heavy (non-hydrogen) atoms. The van der Waals surface area contributed by atoms with E-state index in [4.69, 9.17) is 0 Å². The quantitative estimate of drug-likeness (QED) is 0.906. The summed E-state index contributed by atoms with van der Waals surface area (Å²) in [4.78, 5) is 18.1. The van der Waals surface area contributed by atoms with Crippen LogP contribution < -0.4 is 0 Å². The van der Waals surface area contributed by atoms with Crippen molar-refractivity contribution in [1.29, 1.82) is 0 Å². The summed E-state index contributed by atoms with van der Waals surface area (Å²) in [6.07, 6.45) is 6.61. The number of pyridine rings is 1. The third kappa shape index (κ3) is 1.94. The summed E-state index contributed by atoms with van der Waals surface area (Å²) in [5.74, 6) is -0.278. The van der Waals surface area contributed by atoms with Crippen molar-refractivity contribution in [3.8, 4) is 0 Å². The van der Waals surface area contributed by atoms with Crippen LogP contribution in [0.3, 0.4) is 0 Å². The van der Waals surface area contributed by atoms with E-state index in [0.717, 1.165) is 25.8 Å². The molecule has 1 aromatic heterocycles. The molecule has 1 unspecified atom stereocenters. The molecule has 3 rings (SSSR count). The van der Waals surface area contributed by atoms with Crippen molar-refractivity contribution in [2.75, 3.05) is 13.1 Å². The lowest BCUT2D eigenvalue weighted by Gasteiger charge is -2.27. The van der Waals surface area contributed by atoms with Crippen molar-refractivity contribution in [1.82, 2.24) is 9.88 Å². The summed E-state index contributed by atoms with van der Waals surface area (Å²) in [7, 11) is 0. The Labute approximate surface area is 113 Å². The van der Waals surface area contributed by atoms with E-state index in [1.165, 1.54) is 5.56 Å². The summed E-state index contributed by atoms with van der Waals surface area (Å²) >= 11 is 0. The largest absolute Gasteiger partial charge is 0.481 e. The number of aromatic nitrogens is 1. The van der Waals surface area contributed by atoms with Gasteiger partial charge in [-0.25, -0.2) is 0 Å². The number of fused-ring (bicyclic) bond motifs is 1. The van der Waals surface area contributed by atoms with Crippen LogP contribution in [0.2, 0.25) is 0 Å². The molecule has 0 bridgehead atoms. The minimum Gasteiger partial charge on any atom is -0.481 e.